The maximum absolute atomic E-state index is 9.81. The second kappa shape index (κ2) is 6.18. The van der Waals surface area contributed by atoms with Crippen molar-refractivity contribution in [3.8, 4) is 0 Å². The average Bonchev–Trinajstić information content (AvgIpc) is 1.93. The van der Waals surface area contributed by atoms with Crippen LogP contribution in [-0.2, 0) is 0 Å². The van der Waals surface area contributed by atoms with Crippen molar-refractivity contribution in [2.45, 2.75) is 57.1 Å². The van der Waals surface area contributed by atoms with Crippen LogP contribution in [0.3, 0.4) is 0 Å². The molecule has 0 rings (SSSR count). The minimum Gasteiger partial charge on any atom is -0.395 e. The van der Waals surface area contributed by atoms with E-state index in [9.17, 15) is 5.11 Å². The van der Waals surface area contributed by atoms with E-state index >= 15 is 0 Å². The van der Waals surface area contributed by atoms with Crippen molar-refractivity contribution in [2.24, 2.45) is 0 Å². The van der Waals surface area contributed by atoms with Crippen molar-refractivity contribution in [3.63, 3.8) is 0 Å². The van der Waals surface area contributed by atoms with Gasteiger partial charge in [-0.15, -0.1) is 5.70 Å². The Balaban J connectivity index is 3.89. The summed E-state index contributed by atoms with van der Waals surface area (Å²) in [5, 5.41) is 9.30. The fourth-order valence-corrected chi connectivity index (χ4v) is 7.92. The second-order valence-electron chi connectivity index (χ2n) is 5.09. The number of allylic oxidation sites excluding steroid dienone is 1. The van der Waals surface area contributed by atoms with Crippen LogP contribution in [0.15, 0.2) is 11.3 Å². The molecule has 0 aliphatic carbocycles. The summed E-state index contributed by atoms with van der Waals surface area (Å²) in [4.78, 5) is 0. The normalized spacial score (nSPS) is 12.7. The third-order valence-corrected chi connectivity index (χ3v) is 6.97. The maximum atomic E-state index is 9.81. The van der Waals surface area contributed by atoms with Crippen LogP contribution in [0.25, 0.3) is 0 Å². The first-order chi connectivity index (χ1) is 6.62. The average molecular weight is 255 g/mol. The Morgan fingerprint density at radius 2 is 1.73 bits per heavy atom. The topological polar surface area (TPSA) is 20.2 Å². The van der Waals surface area contributed by atoms with E-state index in [1.54, 1.807) is 0 Å². The molecule has 0 aliphatic heterocycles. The first-order valence-corrected chi connectivity index (χ1v) is 8.75. The molecule has 0 bridgehead atoms. The lowest BCUT2D eigenvalue weighted by Crippen LogP contribution is -2.38. The lowest BCUT2D eigenvalue weighted by atomic mass is 10.4. The molecule has 0 saturated heterocycles. The van der Waals surface area contributed by atoms with Crippen LogP contribution in [-0.4, -0.2) is 38.9 Å². The molecule has 1 nitrogen and oxygen atoms in total. The van der Waals surface area contributed by atoms with E-state index < -0.39 is 5.22 Å². The van der Waals surface area contributed by atoms with Crippen molar-refractivity contribution >= 4 is 28.6 Å². The van der Waals surface area contributed by atoms with Crippen molar-refractivity contribution in [3.05, 3.63) is 11.3 Å². The monoisotopic (exact) mass is 254 g/mol. The zero-order valence-corrected chi connectivity index (χ0v) is 13.7. The minimum absolute atomic E-state index is 0.306. The second-order valence-corrected chi connectivity index (χ2v) is 12.0. The fourth-order valence-electron chi connectivity index (χ4n) is 1.34. The van der Waals surface area contributed by atoms with Gasteiger partial charge in [0.15, 0.2) is 0 Å². The summed E-state index contributed by atoms with van der Waals surface area (Å²) in [5.74, 6) is 0. The van der Waals surface area contributed by atoms with E-state index in [4.69, 9.17) is 0 Å². The minimum atomic E-state index is -0.504. The van der Waals surface area contributed by atoms with Crippen LogP contribution in [0.2, 0.25) is 10.3 Å². The predicted octanol–water partition coefficient (Wildman–Crippen LogP) is 2.28. The smallest absolute Gasteiger partial charge is 0.0840 e. The van der Waals surface area contributed by atoms with E-state index in [0.717, 1.165) is 19.0 Å². The van der Waals surface area contributed by atoms with Crippen molar-refractivity contribution < 1.29 is 5.11 Å². The van der Waals surface area contributed by atoms with Crippen LogP contribution in [0.4, 0.5) is 0 Å². The van der Waals surface area contributed by atoms with E-state index in [1.807, 2.05) is 13.8 Å². The molecule has 0 unspecified atom stereocenters. The van der Waals surface area contributed by atoms with Gasteiger partial charge in [-0.05, 0) is 32.4 Å². The van der Waals surface area contributed by atoms with Crippen LogP contribution in [0.5, 0.6) is 0 Å². The highest BCUT2D eigenvalue weighted by Gasteiger charge is 2.28. The van der Waals surface area contributed by atoms with E-state index in [1.165, 1.54) is 11.2 Å². The molecule has 0 spiro atoms. The fraction of sp³-hybridized carbons (Fsp3) is 0.818. The van der Waals surface area contributed by atoms with Gasteiger partial charge >= 0.3 is 0 Å². The summed E-state index contributed by atoms with van der Waals surface area (Å²) in [6.45, 7) is 12.7. The van der Waals surface area contributed by atoms with Crippen molar-refractivity contribution in [2.75, 3.05) is 0 Å². The van der Waals surface area contributed by atoms with Crippen LogP contribution >= 0.6 is 0 Å². The zero-order chi connectivity index (χ0) is 12.1. The summed E-state index contributed by atoms with van der Waals surface area (Å²) in [6, 6.07) is 0. The Labute approximate surface area is 102 Å². The number of rotatable bonds is 6. The predicted molar refractivity (Wildman–Crippen MR) is 71.8 cm³/mol. The molecule has 0 atom stereocenters. The van der Waals surface area contributed by atoms with Gasteiger partial charge in [-0.3, -0.25) is 0 Å². The Morgan fingerprint density at radius 3 is 2.13 bits per heavy atom. The summed E-state index contributed by atoms with van der Waals surface area (Å²) in [6.07, 6.45) is 0. The third-order valence-electron chi connectivity index (χ3n) is 1.64. The Morgan fingerprint density at radius 1 is 1.20 bits per heavy atom. The number of hydrogen-bond donors (Lipinski definition) is 1. The highest BCUT2D eigenvalue weighted by atomic mass is 28.3. The standard InChI is InChI=1S/C11H22OSi3/c1-9(2)7-13-8-14-11(5,6)15-10(3,4)12/h7,12H,8H2,1-6H3. The molecule has 84 valence electrons. The van der Waals surface area contributed by atoms with Crippen LogP contribution < -0.4 is 0 Å². The molecule has 0 aromatic rings. The SMILES string of the molecule is CC(C)=C[Si]C[Si]C(C)(C)[Si]C(C)(C)O. The molecule has 0 saturated carbocycles. The van der Waals surface area contributed by atoms with E-state index in [2.05, 4.69) is 33.4 Å². The Kier molecular flexibility index (Phi) is 6.32. The van der Waals surface area contributed by atoms with Crippen molar-refractivity contribution in [1.82, 2.24) is 0 Å². The Bertz CT molecular complexity index is 212. The molecule has 6 radical (unpaired) electrons. The lowest BCUT2D eigenvalue weighted by Gasteiger charge is -2.29. The molecule has 0 heterocycles. The molecule has 0 amide bonds. The maximum Gasteiger partial charge on any atom is 0.0840 e. The lowest BCUT2D eigenvalue weighted by molar-refractivity contribution is 0.163. The summed E-state index contributed by atoms with van der Waals surface area (Å²) < 4.78 is 0.306. The van der Waals surface area contributed by atoms with E-state index in [0.29, 0.717) is 14.2 Å². The van der Waals surface area contributed by atoms with Gasteiger partial charge in [0.1, 0.15) is 0 Å². The quantitative estimate of drug-likeness (QED) is 0.570. The first-order valence-electron chi connectivity index (χ1n) is 5.26. The number of aliphatic hydroxyl groups is 1. The van der Waals surface area contributed by atoms with Crippen LogP contribution in [0, 0.1) is 0 Å². The highest BCUT2D eigenvalue weighted by Crippen LogP contribution is 2.25. The van der Waals surface area contributed by atoms with Crippen molar-refractivity contribution in [1.29, 1.82) is 0 Å². The summed E-state index contributed by atoms with van der Waals surface area (Å²) in [5.41, 5.74) is 5.03. The van der Waals surface area contributed by atoms with Crippen LogP contribution in [0.1, 0.15) is 41.5 Å². The molecule has 0 aliphatic rings. The molecule has 0 aromatic heterocycles. The van der Waals surface area contributed by atoms with Gasteiger partial charge in [0, 0.05) is 14.7 Å². The molecule has 4 heteroatoms. The van der Waals surface area contributed by atoms with Gasteiger partial charge in [0.05, 0.1) is 19.0 Å². The molecule has 0 fully saturated rings. The molecular weight excluding hydrogens is 232 g/mol. The Hall–Kier alpha value is 0.351. The molecule has 0 aromatic carbocycles. The van der Waals surface area contributed by atoms with Gasteiger partial charge in [-0.25, -0.2) is 0 Å². The summed E-state index contributed by atoms with van der Waals surface area (Å²) >= 11 is 0. The van der Waals surface area contributed by atoms with Gasteiger partial charge in [0.2, 0.25) is 0 Å². The van der Waals surface area contributed by atoms with E-state index in [-0.39, 0.29) is 0 Å². The van der Waals surface area contributed by atoms with Gasteiger partial charge in [-0.2, -0.15) is 0 Å². The zero-order valence-electron chi connectivity index (χ0n) is 10.7. The van der Waals surface area contributed by atoms with Gasteiger partial charge < -0.3 is 5.11 Å². The largest absolute Gasteiger partial charge is 0.395 e. The first kappa shape index (κ1) is 15.4. The molecule has 15 heavy (non-hydrogen) atoms. The molecule has 1 N–H and O–H groups in total. The highest BCUT2D eigenvalue weighted by molar-refractivity contribution is 6.70. The third kappa shape index (κ3) is 10.6. The van der Waals surface area contributed by atoms with Gasteiger partial charge in [-0.1, -0.05) is 25.1 Å². The number of hydrogen-bond acceptors (Lipinski definition) is 1. The van der Waals surface area contributed by atoms with Gasteiger partial charge in [0.25, 0.3) is 0 Å². The summed E-state index contributed by atoms with van der Waals surface area (Å²) in [7, 11) is 2.52. The molecular formula is C11H22OSi3.